The normalized spacial score (nSPS) is 23.9. The molecule has 0 bridgehead atoms. The second-order valence-electron chi connectivity index (χ2n) is 13.4. The van der Waals surface area contributed by atoms with Crippen molar-refractivity contribution in [3.05, 3.63) is 34.2 Å². The lowest BCUT2D eigenvalue weighted by Crippen LogP contribution is -2.46. The Morgan fingerprint density at radius 2 is 1.89 bits per heavy atom. The molecule has 0 radical (unpaired) electrons. The van der Waals surface area contributed by atoms with Gasteiger partial charge >= 0.3 is 5.97 Å². The van der Waals surface area contributed by atoms with Gasteiger partial charge in [0.2, 0.25) is 0 Å². The zero-order chi connectivity index (χ0) is 27.1. The van der Waals surface area contributed by atoms with Crippen LogP contribution in [-0.4, -0.2) is 52.3 Å². The first-order valence-electron chi connectivity index (χ1n) is 14.8. The highest BCUT2D eigenvalue weighted by molar-refractivity contribution is 6.74. The monoisotopic (exact) mass is 541 g/mol. The van der Waals surface area contributed by atoms with E-state index in [1.54, 1.807) is 0 Å². The number of esters is 1. The van der Waals surface area contributed by atoms with Crippen LogP contribution in [0.5, 0.6) is 0 Å². The second-order valence-corrected chi connectivity index (χ2v) is 18.1. The van der Waals surface area contributed by atoms with Crippen molar-refractivity contribution in [2.24, 2.45) is 5.41 Å². The van der Waals surface area contributed by atoms with E-state index in [4.69, 9.17) is 23.6 Å². The highest BCUT2D eigenvalue weighted by atomic mass is 28.4. The number of nitrogens with zero attached hydrogens (tertiary/aromatic N) is 1. The molecule has 38 heavy (non-hydrogen) atoms. The van der Waals surface area contributed by atoms with Gasteiger partial charge in [-0.25, -0.2) is 4.79 Å². The fourth-order valence-corrected chi connectivity index (χ4v) is 7.79. The van der Waals surface area contributed by atoms with E-state index < -0.39 is 8.32 Å². The number of hydrogen-bond donors (Lipinski definition) is 0. The van der Waals surface area contributed by atoms with Crippen molar-refractivity contribution >= 4 is 19.9 Å². The van der Waals surface area contributed by atoms with Crippen LogP contribution in [0.1, 0.15) is 118 Å². The summed E-state index contributed by atoms with van der Waals surface area (Å²) in [6.07, 6.45) is 10.4. The largest absolute Gasteiger partial charge is 0.462 e. The van der Waals surface area contributed by atoms with Gasteiger partial charge in [0.15, 0.2) is 8.32 Å². The average Bonchev–Trinajstić information content (AvgIpc) is 2.86. The molecule has 0 aromatic carbocycles. The zero-order valence-electron chi connectivity index (χ0n) is 24.4. The Hall–Kier alpha value is -1.54. The van der Waals surface area contributed by atoms with Crippen LogP contribution >= 0.6 is 0 Å². The number of hydrogen-bond acceptors (Lipinski definition) is 6. The van der Waals surface area contributed by atoms with E-state index in [-0.39, 0.29) is 28.4 Å². The molecule has 1 atom stereocenters. The average molecular weight is 542 g/mol. The molecule has 1 saturated heterocycles. The molecule has 0 amide bonds. The predicted octanol–water partition coefficient (Wildman–Crippen LogP) is 7.14. The molecule has 210 valence electrons. The van der Waals surface area contributed by atoms with E-state index in [0.717, 1.165) is 49.1 Å². The Balaban J connectivity index is 1.75. The van der Waals surface area contributed by atoms with Gasteiger partial charge < -0.3 is 18.6 Å². The highest BCUT2D eigenvalue weighted by Gasteiger charge is 2.49. The van der Waals surface area contributed by atoms with E-state index in [0.29, 0.717) is 38.6 Å². The van der Waals surface area contributed by atoms with Gasteiger partial charge in [-0.3, -0.25) is 4.98 Å². The third kappa shape index (κ3) is 5.28. The Bertz CT molecular complexity index is 1080. The molecular weight excluding hydrogens is 494 g/mol. The van der Waals surface area contributed by atoms with Crippen molar-refractivity contribution in [2.45, 2.75) is 109 Å². The van der Waals surface area contributed by atoms with Crippen LogP contribution in [0.25, 0.3) is 5.57 Å². The van der Waals surface area contributed by atoms with Crippen LogP contribution in [0.15, 0.2) is 6.08 Å². The lowest BCUT2D eigenvalue weighted by molar-refractivity contribution is 0.0293. The molecule has 1 aromatic heterocycles. The van der Waals surface area contributed by atoms with Gasteiger partial charge in [0.25, 0.3) is 0 Å². The van der Waals surface area contributed by atoms with Gasteiger partial charge in [0.1, 0.15) is 0 Å². The fourth-order valence-electron chi connectivity index (χ4n) is 6.53. The minimum Gasteiger partial charge on any atom is -0.462 e. The second kappa shape index (κ2) is 10.8. The number of carbonyl (C=O) groups excluding carboxylic acids is 1. The minimum absolute atomic E-state index is 0.0527. The molecule has 2 fully saturated rings. The molecule has 1 spiro atoms. The first-order valence-corrected chi connectivity index (χ1v) is 17.7. The van der Waals surface area contributed by atoms with Gasteiger partial charge in [-0.1, -0.05) is 33.3 Å². The number of carbonyl (C=O) groups is 1. The van der Waals surface area contributed by atoms with E-state index in [1.165, 1.54) is 30.4 Å². The topological polar surface area (TPSA) is 66.9 Å². The van der Waals surface area contributed by atoms with Crippen molar-refractivity contribution in [1.29, 1.82) is 0 Å². The van der Waals surface area contributed by atoms with Gasteiger partial charge in [-0.15, -0.1) is 0 Å². The van der Waals surface area contributed by atoms with Gasteiger partial charge in [-0.05, 0) is 81.0 Å². The molecule has 1 aromatic rings. The molecule has 7 heteroatoms. The van der Waals surface area contributed by atoms with Crippen LogP contribution in [0.3, 0.4) is 0 Å². The molecular formula is C31H47NO5Si. The standard InChI is InChI=1S/C31H47NO5Si/c1-7-36-29(33)27-25(21-9-15-34-16-10-21)26-23(32-28(27)22-11-17-35-18-12-22)19-31(13-8-14-31)20-24(26)37-38(5,6)30(2,3)4/h9,22,24H,7-8,10-20H2,1-6H3. The fraction of sp³-hybridized carbons (Fsp3) is 0.742. The molecule has 6 nitrogen and oxygen atoms in total. The highest BCUT2D eigenvalue weighted by Crippen LogP contribution is 2.57. The number of rotatable bonds is 6. The SMILES string of the molecule is CCOC(=O)c1c(C2CCOCC2)nc2c(c1C1=CCOCC1)C(O[Si](C)(C)C(C)(C)C)CC1(CCC1)C2. The van der Waals surface area contributed by atoms with Crippen molar-refractivity contribution in [2.75, 3.05) is 33.0 Å². The van der Waals surface area contributed by atoms with Gasteiger partial charge in [-0.2, -0.15) is 0 Å². The summed E-state index contributed by atoms with van der Waals surface area (Å²) in [7, 11) is -2.09. The summed E-state index contributed by atoms with van der Waals surface area (Å²) < 4.78 is 24.5. The molecule has 4 aliphatic rings. The maximum Gasteiger partial charge on any atom is 0.340 e. The first kappa shape index (κ1) is 28.0. The number of pyridine rings is 1. The predicted molar refractivity (Wildman–Crippen MR) is 152 cm³/mol. The van der Waals surface area contributed by atoms with Gasteiger partial charge in [0.05, 0.1) is 37.2 Å². The summed E-state index contributed by atoms with van der Waals surface area (Å²) in [5.41, 5.74) is 6.45. The van der Waals surface area contributed by atoms with E-state index >= 15 is 0 Å². The number of ether oxygens (including phenoxy) is 3. The van der Waals surface area contributed by atoms with Crippen molar-refractivity contribution in [3.8, 4) is 0 Å². The molecule has 2 aliphatic carbocycles. The minimum atomic E-state index is -2.09. The smallest absolute Gasteiger partial charge is 0.340 e. The molecule has 5 rings (SSSR count). The van der Waals surface area contributed by atoms with Crippen LogP contribution in [-0.2, 0) is 25.1 Å². The quantitative estimate of drug-likeness (QED) is 0.282. The van der Waals surface area contributed by atoms with Crippen molar-refractivity contribution in [3.63, 3.8) is 0 Å². The Labute approximate surface area is 230 Å². The van der Waals surface area contributed by atoms with Gasteiger partial charge in [0, 0.05) is 36.0 Å². The summed E-state index contributed by atoms with van der Waals surface area (Å²) in [4.78, 5) is 19.3. The molecule has 3 heterocycles. The Kier molecular flexibility index (Phi) is 7.95. The maximum absolute atomic E-state index is 13.8. The van der Waals surface area contributed by atoms with E-state index in [2.05, 4.69) is 39.9 Å². The third-order valence-electron chi connectivity index (χ3n) is 9.85. The summed E-state index contributed by atoms with van der Waals surface area (Å²) >= 11 is 0. The third-order valence-corrected chi connectivity index (χ3v) is 14.3. The van der Waals surface area contributed by atoms with Crippen LogP contribution in [0, 0.1) is 5.41 Å². The zero-order valence-corrected chi connectivity index (χ0v) is 25.4. The summed E-state index contributed by atoms with van der Waals surface area (Å²) in [6.45, 7) is 16.5. The summed E-state index contributed by atoms with van der Waals surface area (Å²) in [6, 6.07) is 0. The molecule has 1 saturated carbocycles. The lowest BCUT2D eigenvalue weighted by atomic mass is 9.59. The van der Waals surface area contributed by atoms with Crippen molar-refractivity contribution < 1.29 is 23.4 Å². The maximum atomic E-state index is 13.8. The molecule has 1 unspecified atom stereocenters. The Morgan fingerprint density at radius 1 is 1.16 bits per heavy atom. The van der Waals surface area contributed by atoms with E-state index in [1.807, 2.05) is 6.92 Å². The molecule has 0 N–H and O–H groups in total. The number of aromatic nitrogens is 1. The lowest BCUT2D eigenvalue weighted by Gasteiger charge is -2.51. The Morgan fingerprint density at radius 3 is 2.47 bits per heavy atom. The summed E-state index contributed by atoms with van der Waals surface area (Å²) in [5, 5.41) is 0.0922. The number of fused-ring (bicyclic) bond motifs is 1. The van der Waals surface area contributed by atoms with Crippen molar-refractivity contribution in [1.82, 2.24) is 4.98 Å². The van der Waals surface area contributed by atoms with E-state index in [9.17, 15) is 4.79 Å². The van der Waals surface area contributed by atoms with Crippen LogP contribution in [0.4, 0.5) is 0 Å². The van der Waals surface area contributed by atoms with Crippen LogP contribution < -0.4 is 0 Å². The first-order chi connectivity index (χ1) is 18.1. The molecule has 2 aliphatic heterocycles. The summed E-state index contributed by atoms with van der Waals surface area (Å²) in [5.74, 6) is -0.0478. The van der Waals surface area contributed by atoms with Crippen LogP contribution in [0.2, 0.25) is 18.1 Å².